The first-order valence-corrected chi connectivity index (χ1v) is 8.14. The van der Waals surface area contributed by atoms with E-state index in [1.807, 2.05) is 32.0 Å². The normalized spacial score (nSPS) is 10.4. The smallest absolute Gasteiger partial charge is 0.244 e. The number of rotatable bonds is 4. The maximum Gasteiger partial charge on any atom is 0.244 e. The van der Waals surface area contributed by atoms with Crippen LogP contribution in [0.15, 0.2) is 36.4 Å². The van der Waals surface area contributed by atoms with Crippen LogP contribution in [0.5, 0.6) is 0 Å². The lowest BCUT2D eigenvalue weighted by Gasteiger charge is -2.22. The van der Waals surface area contributed by atoms with Gasteiger partial charge in [0.2, 0.25) is 11.8 Å². The zero-order chi connectivity index (χ0) is 17.9. The molecule has 1 N–H and O–H groups in total. The van der Waals surface area contributed by atoms with Gasteiger partial charge >= 0.3 is 0 Å². The first kappa shape index (κ1) is 18.3. The fraction of sp³-hybridized carbons (Fsp3) is 0.222. The maximum atomic E-state index is 12.4. The van der Waals surface area contributed by atoms with Crippen molar-refractivity contribution in [1.29, 1.82) is 0 Å². The summed E-state index contributed by atoms with van der Waals surface area (Å²) in [6.07, 6.45) is 0. The van der Waals surface area contributed by atoms with Crippen LogP contribution in [0.25, 0.3) is 0 Å². The monoisotopic (exact) mass is 364 g/mol. The highest BCUT2D eigenvalue weighted by molar-refractivity contribution is 6.36. The van der Waals surface area contributed by atoms with Crippen molar-refractivity contribution in [1.82, 2.24) is 0 Å². The van der Waals surface area contributed by atoms with Crippen molar-refractivity contribution < 1.29 is 9.59 Å². The second kappa shape index (κ2) is 7.69. The molecule has 126 valence electrons. The fourth-order valence-corrected chi connectivity index (χ4v) is 2.80. The zero-order valence-corrected chi connectivity index (χ0v) is 15.2. The minimum absolute atomic E-state index is 0.135. The molecule has 0 saturated carbocycles. The van der Waals surface area contributed by atoms with Gasteiger partial charge in [0.15, 0.2) is 0 Å². The predicted molar refractivity (Wildman–Crippen MR) is 99.0 cm³/mol. The summed E-state index contributed by atoms with van der Waals surface area (Å²) in [6, 6.07) is 10.5. The Kier molecular flexibility index (Phi) is 5.86. The number of amides is 2. The van der Waals surface area contributed by atoms with Gasteiger partial charge in [-0.3, -0.25) is 9.59 Å². The van der Waals surface area contributed by atoms with Crippen molar-refractivity contribution in [2.45, 2.75) is 20.8 Å². The zero-order valence-electron chi connectivity index (χ0n) is 13.7. The van der Waals surface area contributed by atoms with Crippen LogP contribution in [-0.4, -0.2) is 18.4 Å². The van der Waals surface area contributed by atoms with Gasteiger partial charge in [0.1, 0.15) is 6.54 Å². The molecule has 0 aromatic heterocycles. The standard InChI is InChI=1S/C18H18Cl2N2O2/c1-11-5-4-6-16(12(11)2)21-18(24)10-22(13(3)23)17-8-7-14(19)9-15(17)20/h4-9H,10H2,1-3H3,(H,21,24). The molecule has 0 spiro atoms. The summed E-state index contributed by atoms with van der Waals surface area (Å²) in [4.78, 5) is 25.6. The van der Waals surface area contributed by atoms with E-state index in [1.54, 1.807) is 12.1 Å². The largest absolute Gasteiger partial charge is 0.324 e. The molecule has 0 unspecified atom stereocenters. The van der Waals surface area contributed by atoms with Gasteiger partial charge in [-0.15, -0.1) is 0 Å². The molecule has 0 aliphatic heterocycles. The topological polar surface area (TPSA) is 49.4 Å². The van der Waals surface area contributed by atoms with Crippen molar-refractivity contribution in [2.24, 2.45) is 0 Å². The van der Waals surface area contributed by atoms with E-state index in [9.17, 15) is 9.59 Å². The number of carbonyl (C=O) groups excluding carboxylic acids is 2. The van der Waals surface area contributed by atoms with Crippen molar-refractivity contribution in [3.8, 4) is 0 Å². The molecule has 0 bridgehead atoms. The molecule has 2 amide bonds. The Morgan fingerprint density at radius 2 is 1.83 bits per heavy atom. The molecule has 24 heavy (non-hydrogen) atoms. The molecule has 0 aliphatic carbocycles. The van der Waals surface area contributed by atoms with E-state index >= 15 is 0 Å². The molecular formula is C18H18Cl2N2O2. The van der Waals surface area contributed by atoms with Gasteiger partial charge in [-0.25, -0.2) is 0 Å². The van der Waals surface area contributed by atoms with Gasteiger partial charge in [-0.05, 0) is 49.2 Å². The Bertz CT molecular complexity index is 791. The molecule has 0 fully saturated rings. The van der Waals surface area contributed by atoms with E-state index in [4.69, 9.17) is 23.2 Å². The minimum Gasteiger partial charge on any atom is -0.324 e. The van der Waals surface area contributed by atoms with E-state index in [1.165, 1.54) is 17.9 Å². The van der Waals surface area contributed by atoms with Gasteiger partial charge < -0.3 is 10.2 Å². The molecule has 0 heterocycles. The number of hydrogen-bond donors (Lipinski definition) is 1. The molecule has 0 aliphatic rings. The number of halogens is 2. The molecule has 4 nitrogen and oxygen atoms in total. The van der Waals surface area contributed by atoms with Crippen LogP contribution in [0.4, 0.5) is 11.4 Å². The molecule has 2 aromatic rings. The van der Waals surface area contributed by atoms with E-state index in [0.29, 0.717) is 15.7 Å². The SMILES string of the molecule is CC(=O)N(CC(=O)Nc1cccc(C)c1C)c1ccc(Cl)cc1Cl. The Labute approximate surface area is 151 Å². The van der Waals surface area contributed by atoms with Gasteiger partial charge in [-0.1, -0.05) is 35.3 Å². The first-order chi connectivity index (χ1) is 11.3. The Balaban J connectivity index is 2.20. The quantitative estimate of drug-likeness (QED) is 0.861. The number of anilines is 2. The highest BCUT2D eigenvalue weighted by atomic mass is 35.5. The lowest BCUT2D eigenvalue weighted by Crippen LogP contribution is -2.37. The summed E-state index contributed by atoms with van der Waals surface area (Å²) < 4.78 is 0. The van der Waals surface area contributed by atoms with E-state index in [0.717, 1.165) is 16.8 Å². The fourth-order valence-electron chi connectivity index (χ4n) is 2.29. The van der Waals surface area contributed by atoms with Crippen LogP contribution in [0.3, 0.4) is 0 Å². The molecule has 0 radical (unpaired) electrons. The van der Waals surface area contributed by atoms with Crippen molar-refractivity contribution in [2.75, 3.05) is 16.8 Å². The van der Waals surface area contributed by atoms with Gasteiger partial charge in [0, 0.05) is 17.6 Å². The molecular weight excluding hydrogens is 347 g/mol. The second-order valence-electron chi connectivity index (χ2n) is 5.50. The minimum atomic E-state index is -0.301. The van der Waals surface area contributed by atoms with Crippen molar-refractivity contribution in [3.63, 3.8) is 0 Å². The third-order valence-electron chi connectivity index (χ3n) is 3.76. The van der Waals surface area contributed by atoms with E-state index < -0.39 is 0 Å². The summed E-state index contributed by atoms with van der Waals surface area (Å²) in [5.41, 5.74) is 3.25. The van der Waals surface area contributed by atoms with Gasteiger partial charge in [0.05, 0.1) is 10.7 Å². The van der Waals surface area contributed by atoms with Crippen LogP contribution < -0.4 is 10.2 Å². The molecule has 6 heteroatoms. The van der Waals surface area contributed by atoms with Gasteiger partial charge in [0.25, 0.3) is 0 Å². The van der Waals surface area contributed by atoms with Crippen LogP contribution in [-0.2, 0) is 9.59 Å². The average molecular weight is 365 g/mol. The summed E-state index contributed by atoms with van der Waals surface area (Å²) in [5.74, 6) is -0.583. The van der Waals surface area contributed by atoms with Crippen molar-refractivity contribution >= 4 is 46.4 Å². The molecule has 0 atom stereocenters. The third-order valence-corrected chi connectivity index (χ3v) is 4.30. The van der Waals surface area contributed by atoms with E-state index in [-0.39, 0.29) is 18.4 Å². The molecule has 0 saturated heterocycles. The number of hydrogen-bond acceptors (Lipinski definition) is 2. The summed E-state index contributed by atoms with van der Waals surface area (Å²) >= 11 is 12.0. The summed E-state index contributed by atoms with van der Waals surface area (Å²) in [6.45, 7) is 5.16. The lowest BCUT2D eigenvalue weighted by atomic mass is 10.1. The first-order valence-electron chi connectivity index (χ1n) is 7.39. The van der Waals surface area contributed by atoms with E-state index in [2.05, 4.69) is 5.32 Å². The van der Waals surface area contributed by atoms with Crippen LogP contribution in [0.1, 0.15) is 18.1 Å². The number of aryl methyl sites for hydroxylation is 1. The summed E-state index contributed by atoms with van der Waals surface area (Å²) in [5, 5.41) is 3.62. The van der Waals surface area contributed by atoms with Crippen molar-refractivity contribution in [3.05, 3.63) is 57.6 Å². The van der Waals surface area contributed by atoms with Crippen LogP contribution in [0.2, 0.25) is 10.0 Å². The maximum absolute atomic E-state index is 12.4. The predicted octanol–water partition coefficient (Wildman–Crippen LogP) is 4.60. The number of benzene rings is 2. The van der Waals surface area contributed by atoms with Crippen LogP contribution in [0, 0.1) is 13.8 Å². The second-order valence-corrected chi connectivity index (χ2v) is 6.34. The average Bonchev–Trinajstić information content (AvgIpc) is 2.50. The number of carbonyl (C=O) groups is 2. The van der Waals surface area contributed by atoms with Crippen LogP contribution >= 0.6 is 23.2 Å². The Morgan fingerprint density at radius 1 is 1.12 bits per heavy atom. The highest BCUT2D eigenvalue weighted by Gasteiger charge is 2.19. The third kappa shape index (κ3) is 4.28. The molecule has 2 rings (SSSR count). The summed E-state index contributed by atoms with van der Waals surface area (Å²) in [7, 11) is 0. The molecule has 2 aromatic carbocycles. The number of nitrogens with zero attached hydrogens (tertiary/aromatic N) is 1. The Hall–Kier alpha value is -2.04. The highest BCUT2D eigenvalue weighted by Crippen LogP contribution is 2.29. The number of nitrogens with one attached hydrogen (secondary N) is 1. The Morgan fingerprint density at radius 3 is 2.46 bits per heavy atom. The van der Waals surface area contributed by atoms with Gasteiger partial charge in [-0.2, -0.15) is 0 Å². The lowest BCUT2D eigenvalue weighted by molar-refractivity contribution is -0.120.